The molecular formula is C16H22FN. The molecule has 0 spiro atoms. The standard InChI is InChI=1S/C16H22FN/c17-15-9-5-8-14-13(10-11-18-16(14)15)12-6-3-1-2-4-7-12/h5,8-9,12-13,18H,1-4,6-7,10-11H2. The summed E-state index contributed by atoms with van der Waals surface area (Å²) < 4.78 is 13.8. The van der Waals surface area contributed by atoms with Crippen molar-refractivity contribution in [3.8, 4) is 0 Å². The third kappa shape index (κ3) is 2.25. The van der Waals surface area contributed by atoms with E-state index in [1.54, 1.807) is 6.07 Å². The van der Waals surface area contributed by atoms with E-state index in [0.717, 1.165) is 18.2 Å². The molecule has 2 heteroatoms. The van der Waals surface area contributed by atoms with Crippen LogP contribution in [0.2, 0.25) is 0 Å². The van der Waals surface area contributed by atoms with Crippen molar-refractivity contribution < 1.29 is 4.39 Å². The lowest BCUT2D eigenvalue weighted by Gasteiger charge is -2.32. The fourth-order valence-corrected chi connectivity index (χ4v) is 3.75. The van der Waals surface area contributed by atoms with Crippen LogP contribution >= 0.6 is 0 Å². The molecule has 2 aliphatic rings. The highest BCUT2D eigenvalue weighted by Gasteiger charge is 2.29. The molecule has 1 aliphatic heterocycles. The van der Waals surface area contributed by atoms with E-state index < -0.39 is 0 Å². The van der Waals surface area contributed by atoms with Gasteiger partial charge in [0.2, 0.25) is 0 Å². The Balaban J connectivity index is 1.88. The maximum atomic E-state index is 13.8. The number of halogens is 1. The van der Waals surface area contributed by atoms with Crippen molar-refractivity contribution in [3.05, 3.63) is 29.6 Å². The van der Waals surface area contributed by atoms with Gasteiger partial charge < -0.3 is 5.32 Å². The average molecular weight is 247 g/mol. The molecule has 98 valence electrons. The lowest BCUT2D eigenvalue weighted by Crippen LogP contribution is -2.23. The Morgan fingerprint density at radius 2 is 1.78 bits per heavy atom. The predicted molar refractivity (Wildman–Crippen MR) is 73.4 cm³/mol. The minimum absolute atomic E-state index is 0.0779. The number of hydrogen-bond donors (Lipinski definition) is 1. The fourth-order valence-electron chi connectivity index (χ4n) is 3.75. The number of hydrogen-bond acceptors (Lipinski definition) is 1. The zero-order valence-corrected chi connectivity index (χ0v) is 10.9. The van der Waals surface area contributed by atoms with Crippen molar-refractivity contribution in [2.75, 3.05) is 11.9 Å². The highest BCUT2D eigenvalue weighted by Crippen LogP contribution is 2.42. The maximum absolute atomic E-state index is 13.8. The quantitative estimate of drug-likeness (QED) is 0.709. The second-order valence-corrected chi connectivity index (χ2v) is 5.78. The summed E-state index contributed by atoms with van der Waals surface area (Å²) in [7, 11) is 0. The Bertz CT molecular complexity index is 408. The Morgan fingerprint density at radius 3 is 2.56 bits per heavy atom. The number of fused-ring (bicyclic) bond motifs is 1. The lowest BCUT2D eigenvalue weighted by molar-refractivity contribution is 0.358. The summed E-state index contributed by atoms with van der Waals surface area (Å²) in [4.78, 5) is 0. The van der Waals surface area contributed by atoms with Gasteiger partial charge in [-0.2, -0.15) is 0 Å². The zero-order valence-electron chi connectivity index (χ0n) is 10.9. The van der Waals surface area contributed by atoms with Crippen molar-refractivity contribution in [2.45, 2.75) is 50.9 Å². The minimum Gasteiger partial charge on any atom is -0.382 e. The molecule has 1 N–H and O–H groups in total. The molecule has 18 heavy (non-hydrogen) atoms. The van der Waals surface area contributed by atoms with Crippen LogP contribution in [0.15, 0.2) is 18.2 Å². The van der Waals surface area contributed by atoms with Gasteiger partial charge in [0.05, 0.1) is 5.69 Å². The lowest BCUT2D eigenvalue weighted by atomic mass is 9.77. The highest BCUT2D eigenvalue weighted by atomic mass is 19.1. The molecule has 1 fully saturated rings. The van der Waals surface area contributed by atoms with Gasteiger partial charge in [-0.3, -0.25) is 0 Å². The normalized spacial score (nSPS) is 25.1. The summed E-state index contributed by atoms with van der Waals surface area (Å²) in [5.74, 6) is 1.27. The molecule has 1 aromatic carbocycles. The van der Waals surface area contributed by atoms with Crippen LogP contribution in [0, 0.1) is 11.7 Å². The third-order valence-electron chi connectivity index (χ3n) is 4.67. The van der Waals surface area contributed by atoms with Crippen molar-refractivity contribution in [2.24, 2.45) is 5.92 Å². The molecule has 1 heterocycles. The molecule has 0 amide bonds. The van der Waals surface area contributed by atoms with Gasteiger partial charge in [-0.25, -0.2) is 4.39 Å². The smallest absolute Gasteiger partial charge is 0.146 e. The van der Waals surface area contributed by atoms with E-state index in [4.69, 9.17) is 0 Å². The predicted octanol–water partition coefficient (Wildman–Crippen LogP) is 4.70. The Hall–Kier alpha value is -1.05. The first-order valence-corrected chi connectivity index (χ1v) is 7.38. The van der Waals surface area contributed by atoms with Gasteiger partial charge in [-0.1, -0.05) is 37.8 Å². The van der Waals surface area contributed by atoms with Gasteiger partial charge in [0.25, 0.3) is 0 Å². The summed E-state index contributed by atoms with van der Waals surface area (Å²) in [6.07, 6.45) is 9.33. The molecule has 0 saturated heterocycles. The highest BCUT2D eigenvalue weighted by molar-refractivity contribution is 5.56. The monoisotopic (exact) mass is 247 g/mol. The summed E-state index contributed by atoms with van der Waals surface area (Å²) in [5.41, 5.74) is 2.01. The number of nitrogens with one attached hydrogen (secondary N) is 1. The molecule has 0 bridgehead atoms. The van der Waals surface area contributed by atoms with Gasteiger partial charge in [0.1, 0.15) is 5.82 Å². The molecule has 1 nitrogen and oxygen atoms in total. The molecule has 1 aromatic rings. The van der Waals surface area contributed by atoms with Gasteiger partial charge in [0, 0.05) is 6.54 Å². The SMILES string of the molecule is Fc1cccc2c1NCCC2C1CCCCCC1. The van der Waals surface area contributed by atoms with Crippen LogP contribution in [0.25, 0.3) is 0 Å². The van der Waals surface area contributed by atoms with Crippen molar-refractivity contribution in [1.82, 2.24) is 0 Å². The number of anilines is 1. The summed E-state index contributed by atoms with van der Waals surface area (Å²) in [6, 6.07) is 5.56. The van der Waals surface area contributed by atoms with Crippen LogP contribution in [0.5, 0.6) is 0 Å². The van der Waals surface area contributed by atoms with Crippen molar-refractivity contribution >= 4 is 5.69 Å². The van der Waals surface area contributed by atoms with Crippen molar-refractivity contribution in [3.63, 3.8) is 0 Å². The summed E-state index contributed by atoms with van der Waals surface area (Å²) in [6.45, 7) is 0.926. The summed E-state index contributed by atoms with van der Waals surface area (Å²) >= 11 is 0. The Labute approximate surface area is 109 Å². The molecule has 1 aliphatic carbocycles. The van der Waals surface area contributed by atoms with Gasteiger partial charge >= 0.3 is 0 Å². The average Bonchev–Trinajstić information content (AvgIpc) is 2.67. The number of para-hydroxylation sites is 1. The minimum atomic E-state index is -0.0779. The van der Waals surface area contributed by atoms with Crippen LogP contribution in [0.1, 0.15) is 56.4 Å². The zero-order chi connectivity index (χ0) is 12.4. The molecule has 1 unspecified atom stereocenters. The van der Waals surface area contributed by atoms with E-state index in [9.17, 15) is 4.39 Å². The molecule has 0 radical (unpaired) electrons. The van der Waals surface area contributed by atoms with Crippen LogP contribution < -0.4 is 5.32 Å². The van der Waals surface area contributed by atoms with Gasteiger partial charge in [-0.15, -0.1) is 0 Å². The second-order valence-electron chi connectivity index (χ2n) is 5.78. The molecule has 0 aromatic heterocycles. The van der Waals surface area contributed by atoms with Crippen LogP contribution in [0.3, 0.4) is 0 Å². The maximum Gasteiger partial charge on any atom is 0.146 e. The first kappa shape index (κ1) is 12.0. The third-order valence-corrected chi connectivity index (χ3v) is 4.67. The first-order chi connectivity index (χ1) is 8.86. The second kappa shape index (κ2) is 5.29. The van der Waals surface area contributed by atoms with Crippen LogP contribution in [-0.4, -0.2) is 6.54 Å². The number of benzene rings is 1. The van der Waals surface area contributed by atoms with E-state index in [2.05, 4.69) is 11.4 Å². The van der Waals surface area contributed by atoms with E-state index in [1.807, 2.05) is 6.07 Å². The van der Waals surface area contributed by atoms with Crippen LogP contribution in [0.4, 0.5) is 10.1 Å². The van der Waals surface area contributed by atoms with Gasteiger partial charge in [0.15, 0.2) is 0 Å². The Morgan fingerprint density at radius 1 is 1.00 bits per heavy atom. The molecule has 1 atom stereocenters. The first-order valence-electron chi connectivity index (χ1n) is 7.38. The van der Waals surface area contributed by atoms with Crippen molar-refractivity contribution in [1.29, 1.82) is 0 Å². The summed E-state index contributed by atoms with van der Waals surface area (Å²) in [5, 5.41) is 3.24. The fraction of sp³-hybridized carbons (Fsp3) is 0.625. The molecule has 1 saturated carbocycles. The van der Waals surface area contributed by atoms with E-state index in [-0.39, 0.29) is 5.82 Å². The van der Waals surface area contributed by atoms with E-state index in [1.165, 1.54) is 50.5 Å². The topological polar surface area (TPSA) is 12.0 Å². The van der Waals surface area contributed by atoms with E-state index in [0.29, 0.717) is 5.92 Å². The van der Waals surface area contributed by atoms with E-state index >= 15 is 0 Å². The van der Waals surface area contributed by atoms with Gasteiger partial charge in [-0.05, 0) is 42.7 Å². The molecule has 3 rings (SSSR count). The largest absolute Gasteiger partial charge is 0.382 e. The molecular weight excluding hydrogens is 225 g/mol. The Kier molecular flexibility index (Phi) is 3.53. The van der Waals surface area contributed by atoms with Crippen LogP contribution in [-0.2, 0) is 0 Å². The number of rotatable bonds is 1.